The van der Waals surface area contributed by atoms with Crippen LogP contribution < -0.4 is 5.32 Å². The molecule has 2 aromatic rings. The third-order valence-electron chi connectivity index (χ3n) is 5.99. The molecular formula is C23H31N3OS. The first-order valence-electron chi connectivity index (χ1n) is 10.9. The van der Waals surface area contributed by atoms with Gasteiger partial charge in [0, 0.05) is 11.3 Å². The van der Waals surface area contributed by atoms with E-state index in [0.717, 1.165) is 29.1 Å². The minimum Gasteiger partial charge on any atom is -0.349 e. The Morgan fingerprint density at radius 1 is 0.929 bits per heavy atom. The minimum atomic E-state index is 0.0465. The Labute approximate surface area is 172 Å². The molecular weight excluding hydrogens is 366 g/mol. The van der Waals surface area contributed by atoms with Crippen molar-refractivity contribution in [2.75, 3.05) is 0 Å². The third-order valence-corrected chi connectivity index (χ3v) is 7.41. The summed E-state index contributed by atoms with van der Waals surface area (Å²) in [7, 11) is 0. The molecule has 1 aromatic carbocycles. The van der Waals surface area contributed by atoms with Gasteiger partial charge in [0.05, 0.1) is 17.4 Å². The number of benzene rings is 1. The molecule has 4 nitrogen and oxygen atoms in total. The lowest BCUT2D eigenvalue weighted by Gasteiger charge is -2.23. The normalized spacial score (nSPS) is 19.3. The van der Waals surface area contributed by atoms with Crippen LogP contribution in [0, 0.1) is 0 Å². The number of aromatic nitrogens is 2. The van der Waals surface area contributed by atoms with E-state index in [-0.39, 0.29) is 5.91 Å². The molecule has 0 radical (unpaired) electrons. The van der Waals surface area contributed by atoms with Gasteiger partial charge in [0.2, 0.25) is 0 Å². The van der Waals surface area contributed by atoms with Crippen LogP contribution in [-0.2, 0) is 0 Å². The van der Waals surface area contributed by atoms with E-state index in [9.17, 15) is 4.79 Å². The third kappa shape index (κ3) is 4.80. The summed E-state index contributed by atoms with van der Waals surface area (Å²) in [6, 6.07) is 10.5. The van der Waals surface area contributed by atoms with Gasteiger partial charge in [0.25, 0.3) is 5.91 Å². The summed E-state index contributed by atoms with van der Waals surface area (Å²) in [5.41, 5.74) is 1.76. The summed E-state index contributed by atoms with van der Waals surface area (Å²) in [5.74, 6) is 0.0465. The van der Waals surface area contributed by atoms with E-state index in [1.165, 1.54) is 57.8 Å². The van der Waals surface area contributed by atoms with Crippen molar-refractivity contribution in [3.05, 3.63) is 42.1 Å². The first-order chi connectivity index (χ1) is 13.8. The Balaban J connectivity index is 1.59. The summed E-state index contributed by atoms with van der Waals surface area (Å²) in [6.45, 7) is 0. The maximum atomic E-state index is 13.1. The lowest BCUT2D eigenvalue weighted by atomic mass is 9.95. The fourth-order valence-electron chi connectivity index (χ4n) is 4.39. The van der Waals surface area contributed by atoms with Crippen molar-refractivity contribution in [3.8, 4) is 5.69 Å². The Hall–Kier alpha value is -1.75. The Bertz CT molecular complexity index is 759. The van der Waals surface area contributed by atoms with Gasteiger partial charge in [0.1, 0.15) is 5.03 Å². The molecule has 0 bridgehead atoms. The van der Waals surface area contributed by atoms with Crippen LogP contribution in [0.4, 0.5) is 0 Å². The number of hydrogen-bond donors (Lipinski definition) is 1. The van der Waals surface area contributed by atoms with Crippen molar-refractivity contribution < 1.29 is 4.79 Å². The van der Waals surface area contributed by atoms with Crippen molar-refractivity contribution in [1.82, 2.24) is 15.1 Å². The second kappa shape index (κ2) is 9.64. The number of para-hydroxylation sites is 1. The highest BCUT2D eigenvalue weighted by molar-refractivity contribution is 8.00. The average molecular weight is 398 g/mol. The highest BCUT2D eigenvalue weighted by atomic mass is 32.2. The maximum Gasteiger partial charge on any atom is 0.255 e. The van der Waals surface area contributed by atoms with Gasteiger partial charge in [-0.2, -0.15) is 5.10 Å². The Kier molecular flexibility index (Phi) is 6.73. The van der Waals surface area contributed by atoms with Crippen LogP contribution in [0.3, 0.4) is 0 Å². The second-order valence-corrected chi connectivity index (χ2v) is 9.44. The van der Waals surface area contributed by atoms with Gasteiger partial charge in [-0.15, -0.1) is 11.8 Å². The number of carbonyl (C=O) groups is 1. The number of amides is 1. The quantitative estimate of drug-likeness (QED) is 0.654. The van der Waals surface area contributed by atoms with E-state index in [0.29, 0.717) is 11.3 Å². The van der Waals surface area contributed by atoms with Crippen LogP contribution in [0.25, 0.3) is 5.69 Å². The number of hydrogen-bond acceptors (Lipinski definition) is 3. The zero-order chi connectivity index (χ0) is 19.2. The topological polar surface area (TPSA) is 46.9 Å². The van der Waals surface area contributed by atoms with E-state index in [2.05, 4.69) is 22.5 Å². The average Bonchev–Trinajstić information content (AvgIpc) is 2.97. The molecule has 0 aliphatic heterocycles. The van der Waals surface area contributed by atoms with E-state index < -0.39 is 0 Å². The first-order valence-corrected chi connectivity index (χ1v) is 11.8. The van der Waals surface area contributed by atoms with Crippen LogP contribution in [0.2, 0.25) is 0 Å². The van der Waals surface area contributed by atoms with Gasteiger partial charge in [-0.3, -0.25) is 4.79 Å². The van der Waals surface area contributed by atoms with Crippen LogP contribution in [0.15, 0.2) is 41.6 Å². The summed E-state index contributed by atoms with van der Waals surface area (Å²) >= 11 is 1.86. The molecule has 1 amide bonds. The number of rotatable bonds is 5. The van der Waals surface area contributed by atoms with Crippen molar-refractivity contribution in [2.45, 2.75) is 86.9 Å². The van der Waals surface area contributed by atoms with E-state index in [4.69, 9.17) is 0 Å². The van der Waals surface area contributed by atoms with Crippen molar-refractivity contribution >= 4 is 17.7 Å². The van der Waals surface area contributed by atoms with E-state index in [1.54, 1.807) is 6.20 Å². The molecule has 2 saturated carbocycles. The molecule has 0 atom stereocenters. The summed E-state index contributed by atoms with van der Waals surface area (Å²) < 4.78 is 1.96. The standard InChI is InChI=1S/C23H31N3OS/c27-22(25-18-11-5-3-6-12-18)21-17-24-26(19-13-7-4-8-14-19)23(21)28-20-15-9-1-2-10-16-20/h4,7-8,13-14,17-18,20H,1-3,5-6,9-12,15-16H2,(H,25,27). The fourth-order valence-corrected chi connectivity index (χ4v) is 5.80. The lowest BCUT2D eigenvalue weighted by molar-refractivity contribution is 0.0924. The highest BCUT2D eigenvalue weighted by Gasteiger charge is 2.25. The number of nitrogens with one attached hydrogen (secondary N) is 1. The number of thioether (sulfide) groups is 1. The fraction of sp³-hybridized carbons (Fsp3) is 0.565. The molecule has 0 spiro atoms. The largest absolute Gasteiger partial charge is 0.349 e. The summed E-state index contributed by atoms with van der Waals surface area (Å²) in [5, 5.41) is 9.49. The molecule has 2 aliphatic carbocycles. The predicted molar refractivity (Wildman–Crippen MR) is 115 cm³/mol. The SMILES string of the molecule is O=C(NC1CCCCC1)c1cnn(-c2ccccc2)c1SC1CCCCCC1. The number of carbonyl (C=O) groups excluding carboxylic acids is 1. The van der Waals surface area contributed by atoms with Gasteiger partial charge >= 0.3 is 0 Å². The van der Waals surface area contributed by atoms with Gasteiger partial charge < -0.3 is 5.32 Å². The van der Waals surface area contributed by atoms with Gasteiger partial charge in [-0.25, -0.2) is 4.68 Å². The smallest absolute Gasteiger partial charge is 0.255 e. The van der Waals surface area contributed by atoms with Crippen LogP contribution in [-0.4, -0.2) is 27.0 Å². The molecule has 1 heterocycles. The second-order valence-electron chi connectivity index (χ2n) is 8.15. The maximum absolute atomic E-state index is 13.1. The zero-order valence-electron chi connectivity index (χ0n) is 16.6. The van der Waals surface area contributed by atoms with Crippen molar-refractivity contribution in [2.24, 2.45) is 0 Å². The minimum absolute atomic E-state index is 0.0465. The molecule has 4 rings (SSSR count). The van der Waals surface area contributed by atoms with Crippen LogP contribution >= 0.6 is 11.8 Å². The molecule has 1 N–H and O–H groups in total. The predicted octanol–water partition coefficient (Wildman–Crippen LogP) is 5.75. The monoisotopic (exact) mass is 397 g/mol. The zero-order valence-corrected chi connectivity index (χ0v) is 17.4. The van der Waals surface area contributed by atoms with Gasteiger partial charge in [0.15, 0.2) is 0 Å². The highest BCUT2D eigenvalue weighted by Crippen LogP contribution is 2.36. The lowest BCUT2D eigenvalue weighted by Crippen LogP contribution is -2.36. The van der Waals surface area contributed by atoms with Gasteiger partial charge in [-0.1, -0.05) is 63.1 Å². The first kappa shape index (κ1) is 19.6. The Morgan fingerprint density at radius 2 is 1.57 bits per heavy atom. The molecule has 0 unspecified atom stereocenters. The number of nitrogens with zero attached hydrogens (tertiary/aromatic N) is 2. The molecule has 2 aliphatic rings. The van der Waals surface area contributed by atoms with Crippen molar-refractivity contribution in [3.63, 3.8) is 0 Å². The Morgan fingerprint density at radius 3 is 2.29 bits per heavy atom. The molecule has 150 valence electrons. The molecule has 2 fully saturated rings. The molecule has 5 heteroatoms. The summed E-state index contributed by atoms with van der Waals surface area (Å²) in [6.07, 6.45) is 15.4. The molecule has 0 saturated heterocycles. The van der Waals surface area contributed by atoms with Crippen LogP contribution in [0.1, 0.15) is 81.0 Å². The summed E-state index contributed by atoms with van der Waals surface area (Å²) in [4.78, 5) is 13.1. The molecule has 28 heavy (non-hydrogen) atoms. The van der Waals surface area contributed by atoms with Crippen molar-refractivity contribution in [1.29, 1.82) is 0 Å². The van der Waals surface area contributed by atoms with E-state index in [1.807, 2.05) is 34.6 Å². The molecule has 1 aromatic heterocycles. The van der Waals surface area contributed by atoms with Crippen LogP contribution in [0.5, 0.6) is 0 Å². The van der Waals surface area contributed by atoms with E-state index >= 15 is 0 Å². The van der Waals surface area contributed by atoms with Gasteiger partial charge in [-0.05, 0) is 37.8 Å².